The van der Waals surface area contributed by atoms with Crippen LogP contribution in [0.2, 0.25) is 0 Å². The highest BCUT2D eigenvalue weighted by molar-refractivity contribution is 9.10. The molecule has 25 heavy (non-hydrogen) atoms. The lowest BCUT2D eigenvalue weighted by molar-refractivity contribution is 0.145. The highest BCUT2D eigenvalue weighted by Crippen LogP contribution is 2.56. The molecule has 4 nitrogen and oxygen atoms in total. The van der Waals surface area contributed by atoms with Crippen LogP contribution in [0.3, 0.4) is 0 Å². The average molecular weight is 436 g/mol. The molecule has 0 fully saturated rings. The number of aliphatic imine (C=N–C) groups is 1. The van der Waals surface area contributed by atoms with Crippen molar-refractivity contribution >= 4 is 55.2 Å². The summed E-state index contributed by atoms with van der Waals surface area (Å²) < 4.78 is 1.99. The van der Waals surface area contributed by atoms with Crippen LogP contribution in [0.5, 0.6) is 0 Å². The van der Waals surface area contributed by atoms with E-state index in [2.05, 4.69) is 63.9 Å². The summed E-state index contributed by atoms with van der Waals surface area (Å²) in [5.74, 6) is 0. The average Bonchev–Trinajstić information content (AvgIpc) is 3.18. The summed E-state index contributed by atoms with van der Waals surface area (Å²) in [5.41, 5.74) is 3.43. The van der Waals surface area contributed by atoms with Gasteiger partial charge in [-0.15, -0.1) is 11.8 Å². The van der Waals surface area contributed by atoms with Gasteiger partial charge in [-0.05, 0) is 36.6 Å². The van der Waals surface area contributed by atoms with Crippen LogP contribution in [0.15, 0.2) is 58.0 Å². The molecule has 2 aromatic carbocycles. The summed E-state index contributed by atoms with van der Waals surface area (Å²) in [4.78, 5) is 10.6. The fourth-order valence-electron chi connectivity index (χ4n) is 3.37. The molecule has 0 radical (unpaired) electrons. The van der Waals surface area contributed by atoms with Crippen molar-refractivity contribution in [2.45, 2.75) is 10.9 Å². The first-order valence-electron chi connectivity index (χ1n) is 7.90. The lowest BCUT2D eigenvalue weighted by Crippen LogP contribution is -2.48. The molecule has 2 aliphatic heterocycles. The van der Waals surface area contributed by atoms with Gasteiger partial charge < -0.3 is 5.32 Å². The van der Waals surface area contributed by atoms with E-state index in [9.17, 15) is 0 Å². The number of halogens is 1. The predicted molar refractivity (Wildman–Crippen MR) is 113 cm³/mol. The van der Waals surface area contributed by atoms with Crippen molar-refractivity contribution in [1.82, 2.24) is 0 Å². The fraction of sp³-hybridized carbons (Fsp3) is 0.278. The molecular formula is C18H18BrN3OS2. The van der Waals surface area contributed by atoms with E-state index in [0.29, 0.717) is 0 Å². The molecule has 4 rings (SSSR count). The Bertz CT molecular complexity index is 814. The minimum atomic E-state index is -0.196. The first kappa shape index (κ1) is 17.3. The monoisotopic (exact) mass is 435 g/mol. The van der Waals surface area contributed by atoms with Crippen molar-refractivity contribution in [3.8, 4) is 0 Å². The molecular weight excluding hydrogens is 418 g/mol. The minimum absolute atomic E-state index is 0.0468. The third-order valence-electron chi connectivity index (χ3n) is 4.51. The first-order chi connectivity index (χ1) is 12.2. The Labute approximate surface area is 164 Å². The van der Waals surface area contributed by atoms with Gasteiger partial charge in [-0.2, -0.15) is 0 Å². The third kappa shape index (κ3) is 2.87. The molecule has 2 heterocycles. The van der Waals surface area contributed by atoms with Gasteiger partial charge in [-0.1, -0.05) is 45.9 Å². The van der Waals surface area contributed by atoms with Gasteiger partial charge in [0, 0.05) is 15.7 Å². The van der Waals surface area contributed by atoms with Gasteiger partial charge in [0.05, 0.1) is 19.3 Å². The number of anilines is 2. The van der Waals surface area contributed by atoms with E-state index < -0.39 is 0 Å². The van der Waals surface area contributed by atoms with Crippen molar-refractivity contribution in [3.05, 3.63) is 58.6 Å². The van der Waals surface area contributed by atoms with Gasteiger partial charge in [0.15, 0.2) is 0 Å². The quantitative estimate of drug-likeness (QED) is 0.739. The van der Waals surface area contributed by atoms with Gasteiger partial charge in [-0.3, -0.25) is 9.83 Å². The maximum atomic E-state index is 5.79. The lowest BCUT2D eigenvalue weighted by atomic mass is 9.97. The topological polar surface area (TPSA) is 36.9 Å². The lowest BCUT2D eigenvalue weighted by Gasteiger charge is -2.35. The number of para-hydroxylation sites is 1. The van der Waals surface area contributed by atoms with E-state index in [1.54, 1.807) is 18.9 Å². The molecule has 0 saturated heterocycles. The summed E-state index contributed by atoms with van der Waals surface area (Å²) in [6.07, 6.45) is 2.03. The maximum absolute atomic E-state index is 5.79. The molecule has 0 aliphatic carbocycles. The van der Waals surface area contributed by atoms with Crippen molar-refractivity contribution in [1.29, 1.82) is 0 Å². The van der Waals surface area contributed by atoms with Crippen molar-refractivity contribution in [2.24, 2.45) is 4.99 Å². The number of fused-ring (bicyclic) bond motifs is 2. The van der Waals surface area contributed by atoms with Crippen LogP contribution in [0.1, 0.15) is 5.56 Å². The predicted octanol–water partition coefficient (Wildman–Crippen LogP) is 4.93. The van der Waals surface area contributed by atoms with Crippen LogP contribution >= 0.6 is 39.5 Å². The zero-order valence-electron chi connectivity index (χ0n) is 13.9. The van der Waals surface area contributed by atoms with Crippen molar-refractivity contribution in [2.75, 3.05) is 30.3 Å². The van der Waals surface area contributed by atoms with Crippen LogP contribution in [0.4, 0.5) is 11.4 Å². The zero-order valence-corrected chi connectivity index (χ0v) is 17.1. The normalized spacial score (nSPS) is 24.5. The van der Waals surface area contributed by atoms with E-state index in [0.717, 1.165) is 26.8 Å². The van der Waals surface area contributed by atoms with Crippen LogP contribution in [0, 0.1) is 0 Å². The molecule has 0 saturated carbocycles. The standard InChI is InChI=1S/C18H18BrN3OS2/c1-23-22-15-6-4-3-5-14(15)18(11-20-17(24-2)25-18)16(22)21-13-9-7-12(19)8-10-13/h3-10,16,21H,11H2,1-2H3/t16-,18+/m1/s1. The molecule has 2 aliphatic rings. The van der Waals surface area contributed by atoms with Crippen LogP contribution in [-0.2, 0) is 9.58 Å². The number of hydroxylamine groups is 1. The first-order valence-corrected chi connectivity index (χ1v) is 10.7. The molecule has 2 aromatic rings. The highest BCUT2D eigenvalue weighted by Gasteiger charge is 2.55. The van der Waals surface area contributed by atoms with Gasteiger partial charge in [0.2, 0.25) is 0 Å². The van der Waals surface area contributed by atoms with Crippen LogP contribution < -0.4 is 10.4 Å². The molecule has 1 N–H and O–H groups in total. The Morgan fingerprint density at radius 1 is 1.28 bits per heavy atom. The molecule has 130 valence electrons. The molecule has 0 amide bonds. The van der Waals surface area contributed by atoms with Crippen LogP contribution in [-0.4, -0.2) is 30.5 Å². The summed E-state index contributed by atoms with van der Waals surface area (Å²) in [5, 5.41) is 5.65. The third-order valence-corrected chi connectivity index (χ3v) is 7.50. The zero-order chi connectivity index (χ0) is 17.4. The van der Waals surface area contributed by atoms with E-state index in [1.165, 1.54) is 5.56 Å². The SMILES string of the molecule is CON1c2ccccc2[C@@]2(CN=C(SC)S2)[C@@H]1Nc1ccc(Br)cc1. The number of benzene rings is 2. The molecule has 2 atom stereocenters. The number of thioether (sulfide) groups is 2. The fourth-order valence-corrected chi connectivity index (χ4v) is 5.73. The van der Waals surface area contributed by atoms with Gasteiger partial charge in [0.1, 0.15) is 15.3 Å². The summed E-state index contributed by atoms with van der Waals surface area (Å²) in [6.45, 7) is 0.735. The smallest absolute Gasteiger partial charge is 0.146 e. The molecule has 1 spiro atoms. The number of nitrogens with zero attached hydrogens (tertiary/aromatic N) is 2. The number of hydrogen-bond acceptors (Lipinski definition) is 6. The summed E-state index contributed by atoms with van der Waals surface area (Å²) >= 11 is 7.03. The van der Waals surface area contributed by atoms with E-state index >= 15 is 0 Å². The molecule has 0 bridgehead atoms. The van der Waals surface area contributed by atoms with Crippen molar-refractivity contribution in [3.63, 3.8) is 0 Å². The van der Waals surface area contributed by atoms with Crippen LogP contribution in [0.25, 0.3) is 0 Å². The molecule has 0 aromatic heterocycles. The van der Waals surface area contributed by atoms with Gasteiger partial charge in [-0.25, -0.2) is 5.06 Å². The van der Waals surface area contributed by atoms with Gasteiger partial charge >= 0.3 is 0 Å². The van der Waals surface area contributed by atoms with E-state index in [1.807, 2.05) is 29.0 Å². The van der Waals surface area contributed by atoms with Gasteiger partial charge in [0.25, 0.3) is 0 Å². The van der Waals surface area contributed by atoms with E-state index in [4.69, 9.17) is 9.83 Å². The Balaban J connectivity index is 1.76. The number of nitrogens with one attached hydrogen (secondary N) is 1. The minimum Gasteiger partial charge on any atom is -0.362 e. The molecule has 0 unspecified atom stereocenters. The second-order valence-electron chi connectivity index (χ2n) is 5.86. The largest absolute Gasteiger partial charge is 0.362 e. The number of rotatable bonds is 3. The number of hydrogen-bond donors (Lipinski definition) is 1. The Hall–Kier alpha value is -1.15. The second kappa shape index (κ2) is 6.87. The van der Waals surface area contributed by atoms with Crippen molar-refractivity contribution < 1.29 is 4.84 Å². The Morgan fingerprint density at radius 2 is 2.04 bits per heavy atom. The second-order valence-corrected chi connectivity index (χ2v) is 9.15. The maximum Gasteiger partial charge on any atom is 0.146 e. The summed E-state index contributed by atoms with van der Waals surface area (Å²) in [6, 6.07) is 16.7. The summed E-state index contributed by atoms with van der Waals surface area (Å²) in [7, 11) is 1.72. The Morgan fingerprint density at radius 3 is 2.72 bits per heavy atom. The molecule has 7 heteroatoms. The Kier molecular flexibility index (Phi) is 4.75. The van der Waals surface area contributed by atoms with E-state index in [-0.39, 0.29) is 10.9 Å². The highest BCUT2D eigenvalue weighted by atomic mass is 79.9.